The van der Waals surface area contributed by atoms with E-state index in [4.69, 9.17) is 14.4 Å². The highest BCUT2D eigenvalue weighted by molar-refractivity contribution is 8.00. The molecule has 0 radical (unpaired) electrons. The van der Waals surface area contributed by atoms with E-state index in [1.165, 1.54) is 5.56 Å². The normalized spacial score (nSPS) is 15.2. The Kier molecular flexibility index (Phi) is 10.7. The summed E-state index contributed by atoms with van der Waals surface area (Å²) >= 11 is 5.11. The third-order valence-corrected chi connectivity index (χ3v) is 9.18. The van der Waals surface area contributed by atoms with Crippen molar-refractivity contribution in [1.82, 2.24) is 19.8 Å². The molecule has 1 saturated heterocycles. The zero-order valence-electron chi connectivity index (χ0n) is 24.0. The third kappa shape index (κ3) is 8.16. The van der Waals surface area contributed by atoms with Gasteiger partial charge in [-0.1, -0.05) is 58.5 Å². The molecule has 0 saturated carbocycles. The van der Waals surface area contributed by atoms with E-state index in [2.05, 4.69) is 67.9 Å². The molecular formula is C29H41N5O2S3. The lowest BCUT2D eigenvalue weighted by atomic mass is 9.86. The zero-order valence-corrected chi connectivity index (χ0v) is 26.5. The predicted octanol–water partition coefficient (Wildman–Crippen LogP) is 6.40. The number of thioether (sulfide) groups is 3. The Balaban J connectivity index is 1.25. The smallest absolute Gasteiger partial charge is 0.256 e. The molecular weight excluding hydrogens is 547 g/mol. The van der Waals surface area contributed by atoms with Gasteiger partial charge in [-0.25, -0.2) is 9.97 Å². The van der Waals surface area contributed by atoms with Crippen LogP contribution in [0.15, 0.2) is 43.8 Å². The summed E-state index contributed by atoms with van der Waals surface area (Å²) < 4.78 is 6.15. The highest BCUT2D eigenvalue weighted by atomic mass is 32.2. The van der Waals surface area contributed by atoms with Crippen molar-refractivity contribution < 1.29 is 9.21 Å². The minimum Gasteiger partial charge on any atom is -0.431 e. The van der Waals surface area contributed by atoms with Gasteiger partial charge < -0.3 is 9.73 Å². The molecule has 1 fully saturated rings. The summed E-state index contributed by atoms with van der Waals surface area (Å²) in [6.45, 7) is 17.9. The van der Waals surface area contributed by atoms with Gasteiger partial charge in [-0.05, 0) is 36.0 Å². The van der Waals surface area contributed by atoms with E-state index in [1.54, 1.807) is 35.3 Å². The molecule has 212 valence electrons. The Morgan fingerprint density at radius 1 is 1.03 bits per heavy atom. The Hall–Kier alpha value is -1.72. The number of carbonyl (C=O) groups is 1. The summed E-state index contributed by atoms with van der Waals surface area (Å²) in [6, 6.07) is 8.29. The number of aromatic nitrogens is 2. The van der Waals surface area contributed by atoms with E-state index >= 15 is 0 Å². The molecule has 3 aromatic rings. The number of pyridine rings is 1. The number of rotatable bonds is 11. The van der Waals surface area contributed by atoms with E-state index in [0.717, 1.165) is 87.6 Å². The van der Waals surface area contributed by atoms with Crippen molar-refractivity contribution >= 4 is 58.0 Å². The van der Waals surface area contributed by atoms with E-state index in [0.29, 0.717) is 6.54 Å². The third-order valence-electron chi connectivity index (χ3n) is 6.59. The SMILES string of the molecule is CCSc1cc(C)nc(SCC)c1NC(=O)CN1CCN(CCSc2nc3cccc(C(C)(C)C)c3o2)CC1. The number of para-hydroxylation sites is 1. The van der Waals surface area contributed by atoms with Crippen LogP contribution in [0.3, 0.4) is 0 Å². The maximum atomic E-state index is 13.0. The average molecular weight is 588 g/mol. The molecule has 1 amide bonds. The minimum absolute atomic E-state index is 0.0160. The first-order chi connectivity index (χ1) is 18.7. The van der Waals surface area contributed by atoms with Gasteiger partial charge in [-0.3, -0.25) is 14.6 Å². The molecule has 39 heavy (non-hydrogen) atoms. The molecule has 0 atom stereocenters. The van der Waals surface area contributed by atoms with Crippen molar-refractivity contribution in [2.45, 2.75) is 62.1 Å². The number of nitrogens with one attached hydrogen (secondary N) is 1. The number of hydrogen-bond donors (Lipinski definition) is 1. The minimum atomic E-state index is 0.0160. The second kappa shape index (κ2) is 13.8. The maximum Gasteiger partial charge on any atom is 0.256 e. The van der Waals surface area contributed by atoms with Crippen molar-refractivity contribution in [3.63, 3.8) is 0 Å². The largest absolute Gasteiger partial charge is 0.431 e. The Morgan fingerprint density at radius 2 is 1.74 bits per heavy atom. The zero-order chi connectivity index (χ0) is 28.0. The molecule has 4 rings (SSSR count). The van der Waals surface area contributed by atoms with Gasteiger partial charge >= 0.3 is 0 Å². The number of fused-ring (bicyclic) bond motifs is 1. The van der Waals surface area contributed by atoms with E-state index in [-0.39, 0.29) is 11.3 Å². The molecule has 10 heteroatoms. The molecule has 1 N–H and O–H groups in total. The Bertz CT molecular complexity index is 1240. The van der Waals surface area contributed by atoms with Gasteiger partial charge in [0, 0.05) is 54.6 Å². The summed E-state index contributed by atoms with van der Waals surface area (Å²) in [5, 5.41) is 4.85. The standard InChI is InChI=1S/C29H41N5O2S3/c1-7-37-23-18-20(3)30-27(38-8-2)25(23)32-24(35)19-34-14-12-33(13-15-34)16-17-39-28-31-22-11-9-10-21(26(22)36-28)29(4,5)6/h9-11,18H,7-8,12-17,19H2,1-6H3,(H,32,35). The molecule has 1 aliphatic heterocycles. The van der Waals surface area contributed by atoms with Gasteiger partial charge in [0.25, 0.3) is 5.22 Å². The molecule has 0 aliphatic carbocycles. The number of hydrogen-bond acceptors (Lipinski definition) is 9. The van der Waals surface area contributed by atoms with Crippen molar-refractivity contribution in [3.8, 4) is 0 Å². The first-order valence-electron chi connectivity index (χ1n) is 13.7. The van der Waals surface area contributed by atoms with Gasteiger partial charge in [0.1, 0.15) is 10.5 Å². The van der Waals surface area contributed by atoms with Crippen LogP contribution in [0.4, 0.5) is 5.69 Å². The molecule has 1 aromatic carbocycles. The van der Waals surface area contributed by atoms with Crippen molar-refractivity contribution in [2.24, 2.45) is 0 Å². The van der Waals surface area contributed by atoms with Crippen LogP contribution < -0.4 is 5.32 Å². The fraction of sp³-hybridized carbons (Fsp3) is 0.552. The van der Waals surface area contributed by atoms with Crippen LogP contribution in [0.25, 0.3) is 11.1 Å². The summed E-state index contributed by atoms with van der Waals surface area (Å²) in [7, 11) is 0. The monoisotopic (exact) mass is 587 g/mol. The number of piperazine rings is 1. The molecule has 0 unspecified atom stereocenters. The highest BCUT2D eigenvalue weighted by Gasteiger charge is 2.22. The topological polar surface area (TPSA) is 74.5 Å². The lowest BCUT2D eigenvalue weighted by molar-refractivity contribution is -0.117. The van der Waals surface area contributed by atoms with Gasteiger partial charge in [-0.2, -0.15) is 0 Å². The van der Waals surface area contributed by atoms with Crippen molar-refractivity contribution in [1.29, 1.82) is 0 Å². The molecule has 2 aromatic heterocycles. The number of nitrogens with zero attached hydrogens (tertiary/aromatic N) is 4. The first-order valence-corrected chi connectivity index (χ1v) is 16.7. The summed E-state index contributed by atoms with van der Waals surface area (Å²) in [4.78, 5) is 28.2. The Labute approximate surface area is 245 Å². The van der Waals surface area contributed by atoms with E-state index < -0.39 is 0 Å². The van der Waals surface area contributed by atoms with Crippen LogP contribution >= 0.6 is 35.3 Å². The fourth-order valence-electron chi connectivity index (χ4n) is 4.64. The van der Waals surface area contributed by atoms with Crippen LogP contribution in [0.2, 0.25) is 0 Å². The van der Waals surface area contributed by atoms with Crippen LogP contribution in [0.5, 0.6) is 0 Å². The number of aryl methyl sites for hydroxylation is 1. The highest BCUT2D eigenvalue weighted by Crippen LogP contribution is 2.36. The van der Waals surface area contributed by atoms with Gasteiger partial charge in [0.05, 0.1) is 12.2 Å². The van der Waals surface area contributed by atoms with E-state index in [1.807, 2.05) is 13.0 Å². The van der Waals surface area contributed by atoms with Gasteiger partial charge in [0.15, 0.2) is 5.58 Å². The molecule has 3 heterocycles. The second-order valence-corrected chi connectivity index (χ2v) is 14.3. The summed E-state index contributed by atoms with van der Waals surface area (Å²) in [5.41, 5.74) is 4.90. The number of oxazole rings is 1. The van der Waals surface area contributed by atoms with Gasteiger partial charge in [0.2, 0.25) is 5.91 Å². The summed E-state index contributed by atoms with van der Waals surface area (Å²) in [5.74, 6) is 2.83. The van der Waals surface area contributed by atoms with Gasteiger partial charge in [-0.15, -0.1) is 23.5 Å². The first kappa shape index (κ1) is 30.2. The number of amides is 1. The predicted molar refractivity (Wildman–Crippen MR) is 167 cm³/mol. The quantitative estimate of drug-likeness (QED) is 0.257. The lowest BCUT2D eigenvalue weighted by Crippen LogP contribution is -2.49. The molecule has 7 nitrogen and oxygen atoms in total. The maximum absolute atomic E-state index is 13.0. The second-order valence-electron chi connectivity index (χ2n) is 10.7. The van der Waals surface area contributed by atoms with Crippen LogP contribution in [-0.2, 0) is 10.2 Å². The number of carbonyl (C=O) groups excluding carboxylic acids is 1. The van der Waals surface area contributed by atoms with Crippen LogP contribution in [-0.4, -0.2) is 82.2 Å². The van der Waals surface area contributed by atoms with Crippen LogP contribution in [0, 0.1) is 6.92 Å². The van der Waals surface area contributed by atoms with Crippen molar-refractivity contribution in [3.05, 3.63) is 35.5 Å². The van der Waals surface area contributed by atoms with Crippen LogP contribution in [0.1, 0.15) is 45.9 Å². The number of benzene rings is 1. The Morgan fingerprint density at radius 3 is 2.44 bits per heavy atom. The molecule has 0 spiro atoms. The number of anilines is 1. The fourth-order valence-corrected chi connectivity index (χ4v) is 7.18. The summed E-state index contributed by atoms with van der Waals surface area (Å²) in [6.07, 6.45) is 0. The van der Waals surface area contributed by atoms with Crippen molar-refractivity contribution in [2.75, 3.05) is 61.8 Å². The van der Waals surface area contributed by atoms with E-state index in [9.17, 15) is 4.79 Å². The molecule has 0 bridgehead atoms. The average Bonchev–Trinajstić information content (AvgIpc) is 3.30. The lowest BCUT2D eigenvalue weighted by Gasteiger charge is -2.34. The molecule has 1 aliphatic rings.